The number of ketones is 1. The Labute approximate surface area is 225 Å². The zero-order valence-corrected chi connectivity index (χ0v) is 21.6. The number of methoxy groups -OCH3 is 1. The summed E-state index contributed by atoms with van der Waals surface area (Å²) in [7, 11) is 1.60. The van der Waals surface area contributed by atoms with E-state index in [1.807, 2.05) is 12.1 Å². The average Bonchev–Trinajstić information content (AvgIpc) is 2.96. The number of fused-ring (bicyclic) bond motifs is 1. The van der Waals surface area contributed by atoms with Gasteiger partial charge in [0, 0.05) is 55.2 Å². The van der Waals surface area contributed by atoms with Gasteiger partial charge >= 0.3 is 0 Å². The molecule has 9 nitrogen and oxygen atoms in total. The van der Waals surface area contributed by atoms with Gasteiger partial charge in [-0.15, -0.1) is 0 Å². The van der Waals surface area contributed by atoms with Gasteiger partial charge in [0.05, 0.1) is 45.1 Å². The molecule has 4 heterocycles. The van der Waals surface area contributed by atoms with Crippen LogP contribution in [0.25, 0.3) is 10.9 Å². The molecule has 0 saturated carbocycles. The van der Waals surface area contributed by atoms with Crippen molar-refractivity contribution in [1.29, 1.82) is 0 Å². The first-order chi connectivity index (χ1) is 19.1. The third kappa shape index (κ3) is 6.84. The molecule has 0 amide bonds. The van der Waals surface area contributed by atoms with Crippen LogP contribution >= 0.6 is 0 Å². The van der Waals surface area contributed by atoms with Crippen molar-refractivity contribution >= 4 is 16.7 Å². The molecule has 4 aromatic rings. The Balaban J connectivity index is 1.24. The third-order valence-electron chi connectivity index (χ3n) is 6.34. The van der Waals surface area contributed by atoms with Crippen LogP contribution in [0.5, 0.6) is 23.0 Å². The molecular weight excluding hydrogens is 503 g/mol. The summed E-state index contributed by atoms with van der Waals surface area (Å²) in [6, 6.07) is 11.2. The van der Waals surface area contributed by atoms with E-state index in [-0.39, 0.29) is 17.9 Å². The van der Waals surface area contributed by atoms with Crippen LogP contribution in [0.1, 0.15) is 22.6 Å². The minimum absolute atomic E-state index is 0.00133. The lowest BCUT2D eigenvalue weighted by Crippen LogP contribution is -2.37. The van der Waals surface area contributed by atoms with Gasteiger partial charge in [-0.1, -0.05) is 0 Å². The molecule has 202 valence electrons. The van der Waals surface area contributed by atoms with Gasteiger partial charge in [-0.3, -0.25) is 24.6 Å². The number of morpholine rings is 1. The van der Waals surface area contributed by atoms with E-state index in [2.05, 4.69) is 19.9 Å². The molecule has 1 saturated heterocycles. The number of rotatable bonds is 11. The molecule has 1 aliphatic heterocycles. The number of carbonyl (C=O) groups excluding carboxylic acids is 1. The van der Waals surface area contributed by atoms with Crippen molar-refractivity contribution in [1.82, 2.24) is 19.9 Å². The van der Waals surface area contributed by atoms with Crippen molar-refractivity contribution in [2.75, 3.05) is 46.6 Å². The molecule has 0 radical (unpaired) electrons. The number of Topliss-reactive ketones (excluding diaryl/α,β-unsaturated/α-hetero) is 1. The highest BCUT2D eigenvalue weighted by Gasteiger charge is 2.15. The first kappa shape index (κ1) is 26.5. The Kier molecular flexibility index (Phi) is 8.55. The fourth-order valence-electron chi connectivity index (χ4n) is 4.30. The monoisotopic (exact) mass is 532 g/mol. The Morgan fingerprint density at radius 3 is 2.62 bits per heavy atom. The van der Waals surface area contributed by atoms with E-state index in [1.54, 1.807) is 31.5 Å². The van der Waals surface area contributed by atoms with Crippen LogP contribution < -0.4 is 14.2 Å². The van der Waals surface area contributed by atoms with Crippen LogP contribution in [0.2, 0.25) is 0 Å². The molecule has 0 atom stereocenters. The maximum atomic E-state index is 13.4. The van der Waals surface area contributed by atoms with Gasteiger partial charge in [-0.2, -0.15) is 0 Å². The van der Waals surface area contributed by atoms with Crippen LogP contribution in [0.3, 0.4) is 0 Å². The van der Waals surface area contributed by atoms with E-state index in [1.165, 1.54) is 18.5 Å². The molecule has 0 N–H and O–H groups in total. The van der Waals surface area contributed by atoms with Crippen molar-refractivity contribution in [2.24, 2.45) is 0 Å². The minimum atomic E-state index is -0.506. The first-order valence-corrected chi connectivity index (χ1v) is 12.8. The lowest BCUT2D eigenvalue weighted by molar-refractivity contribution is 0.0357. The molecule has 3 aromatic heterocycles. The summed E-state index contributed by atoms with van der Waals surface area (Å²) in [6.07, 6.45) is 5.37. The summed E-state index contributed by atoms with van der Waals surface area (Å²) in [6.45, 7) is 4.99. The number of halogens is 1. The highest BCUT2D eigenvalue weighted by molar-refractivity contribution is 5.95. The van der Waals surface area contributed by atoms with Gasteiger partial charge < -0.3 is 18.9 Å². The normalized spacial score (nSPS) is 13.8. The zero-order chi connectivity index (χ0) is 27.0. The lowest BCUT2D eigenvalue weighted by Gasteiger charge is -2.26. The van der Waals surface area contributed by atoms with Crippen molar-refractivity contribution < 1.29 is 28.1 Å². The second-order valence-corrected chi connectivity index (χ2v) is 9.03. The molecule has 1 aliphatic rings. The third-order valence-corrected chi connectivity index (χ3v) is 6.34. The Hall–Kier alpha value is -4.15. The first-order valence-electron chi connectivity index (χ1n) is 12.8. The van der Waals surface area contributed by atoms with Gasteiger partial charge in [0.1, 0.15) is 23.0 Å². The van der Waals surface area contributed by atoms with Gasteiger partial charge in [-0.25, -0.2) is 4.39 Å². The number of ether oxygens (including phenoxy) is 4. The predicted molar refractivity (Wildman–Crippen MR) is 142 cm³/mol. The second kappa shape index (κ2) is 12.6. The van der Waals surface area contributed by atoms with Gasteiger partial charge in [0.15, 0.2) is 17.3 Å². The number of pyridine rings is 3. The molecule has 1 fully saturated rings. The summed E-state index contributed by atoms with van der Waals surface area (Å²) in [4.78, 5) is 27.5. The maximum Gasteiger partial charge on any atom is 0.187 e. The molecular formula is C29H29FN4O5. The summed E-state index contributed by atoms with van der Waals surface area (Å²) in [5.74, 6) is 1.46. The Bertz CT molecular complexity index is 1430. The van der Waals surface area contributed by atoms with Crippen LogP contribution in [-0.4, -0.2) is 72.2 Å². The van der Waals surface area contributed by atoms with E-state index in [9.17, 15) is 9.18 Å². The van der Waals surface area contributed by atoms with Crippen LogP contribution in [0.15, 0.2) is 61.1 Å². The number of hydrogen-bond acceptors (Lipinski definition) is 9. The van der Waals surface area contributed by atoms with Crippen LogP contribution in [0, 0.1) is 5.82 Å². The van der Waals surface area contributed by atoms with Crippen LogP contribution in [0.4, 0.5) is 4.39 Å². The summed E-state index contributed by atoms with van der Waals surface area (Å²) in [5, 5.41) is 0.756. The topological polar surface area (TPSA) is 95.9 Å². The molecule has 10 heteroatoms. The Morgan fingerprint density at radius 2 is 1.85 bits per heavy atom. The minimum Gasteiger partial charge on any atom is -0.493 e. The van der Waals surface area contributed by atoms with Gasteiger partial charge in [-0.05, 0) is 36.8 Å². The van der Waals surface area contributed by atoms with Gasteiger partial charge in [0.25, 0.3) is 0 Å². The van der Waals surface area contributed by atoms with Crippen molar-refractivity contribution in [3.05, 3.63) is 78.3 Å². The van der Waals surface area contributed by atoms with E-state index in [0.717, 1.165) is 50.7 Å². The molecule has 5 rings (SSSR count). The van der Waals surface area contributed by atoms with Crippen molar-refractivity contribution in [3.8, 4) is 23.0 Å². The molecule has 0 aliphatic carbocycles. The highest BCUT2D eigenvalue weighted by Crippen LogP contribution is 2.37. The summed E-state index contributed by atoms with van der Waals surface area (Å²) in [5.41, 5.74) is 1.29. The van der Waals surface area contributed by atoms with E-state index in [4.69, 9.17) is 18.9 Å². The number of aromatic nitrogens is 3. The number of benzene rings is 1. The fraction of sp³-hybridized carbons (Fsp3) is 0.310. The van der Waals surface area contributed by atoms with E-state index < -0.39 is 5.82 Å². The number of nitrogens with zero attached hydrogens (tertiary/aromatic N) is 4. The molecule has 0 spiro atoms. The predicted octanol–water partition coefficient (Wildman–Crippen LogP) is 4.49. The Morgan fingerprint density at radius 1 is 1.00 bits per heavy atom. The van der Waals surface area contributed by atoms with E-state index >= 15 is 0 Å². The molecule has 39 heavy (non-hydrogen) atoms. The van der Waals surface area contributed by atoms with Gasteiger partial charge in [0.2, 0.25) is 0 Å². The number of carbonyl (C=O) groups is 1. The van der Waals surface area contributed by atoms with Crippen molar-refractivity contribution in [2.45, 2.75) is 12.8 Å². The number of hydrogen-bond donors (Lipinski definition) is 0. The van der Waals surface area contributed by atoms with E-state index in [0.29, 0.717) is 40.8 Å². The average molecular weight is 533 g/mol. The quantitative estimate of drug-likeness (QED) is 0.204. The zero-order valence-electron chi connectivity index (χ0n) is 21.6. The molecule has 1 aromatic carbocycles. The van der Waals surface area contributed by atoms with Crippen LogP contribution in [-0.2, 0) is 11.2 Å². The summed E-state index contributed by atoms with van der Waals surface area (Å²) >= 11 is 0. The summed E-state index contributed by atoms with van der Waals surface area (Å²) < 4.78 is 36.5. The SMILES string of the molecule is COc1cc2c(Oc3ccc(CC(=O)c4cc(F)ccn4)nc3)ccnc2cc1OCCCN1CCOCC1. The highest BCUT2D eigenvalue weighted by atomic mass is 19.1. The van der Waals surface area contributed by atoms with Crippen molar-refractivity contribution in [3.63, 3.8) is 0 Å². The molecule has 0 bridgehead atoms. The second-order valence-electron chi connectivity index (χ2n) is 9.03. The molecule has 0 unspecified atom stereocenters. The smallest absolute Gasteiger partial charge is 0.187 e. The largest absolute Gasteiger partial charge is 0.493 e. The standard InChI is InChI=1S/C29H29FN4O5/c1-36-28-17-23-24(18-29(28)38-12-2-9-34-10-13-37-14-11-34)31-8-6-27(23)39-22-4-3-21(33-19-22)16-26(35)25-15-20(30)5-7-32-25/h3-8,15,17-19H,2,9-14,16H2,1H3. The lowest BCUT2D eigenvalue weighted by atomic mass is 10.1. The fourth-order valence-corrected chi connectivity index (χ4v) is 4.30. The maximum absolute atomic E-state index is 13.4.